The Labute approximate surface area is 260 Å². The van der Waals surface area contributed by atoms with E-state index in [1.807, 2.05) is 0 Å². The molecule has 0 fully saturated rings. The standard InChI is InChI=1S/C38H22Br2N2/c39-33-21-25-11-3-7-15-29(25)37(41-33)35-27-13-5-1-9-23(27)17-19-31(35)32-20-18-24-10-2-6-14-28(24)36(32)38-30-16-8-4-12-26(30)22-34(40)42-38/h1-22H. The van der Waals surface area contributed by atoms with Gasteiger partial charge >= 0.3 is 0 Å². The Morgan fingerprint density at radius 1 is 0.357 bits per heavy atom. The molecular weight excluding hydrogens is 644 g/mol. The minimum atomic E-state index is 0.813. The van der Waals surface area contributed by atoms with Crippen molar-refractivity contribution >= 4 is 74.9 Å². The van der Waals surface area contributed by atoms with E-state index >= 15 is 0 Å². The van der Waals surface area contributed by atoms with Gasteiger partial charge in [-0.15, -0.1) is 0 Å². The molecule has 198 valence electrons. The first-order chi connectivity index (χ1) is 20.7. The van der Waals surface area contributed by atoms with E-state index in [1.54, 1.807) is 0 Å². The molecule has 8 rings (SSSR count). The van der Waals surface area contributed by atoms with Crippen LogP contribution in [0.1, 0.15) is 0 Å². The molecule has 0 unspecified atom stereocenters. The highest BCUT2D eigenvalue weighted by Gasteiger charge is 2.22. The largest absolute Gasteiger partial charge is 0.240 e. The molecular formula is C38H22Br2N2. The number of hydrogen-bond acceptors (Lipinski definition) is 2. The average molecular weight is 666 g/mol. The van der Waals surface area contributed by atoms with Crippen LogP contribution >= 0.6 is 31.9 Å². The zero-order valence-corrected chi connectivity index (χ0v) is 25.5. The molecule has 0 atom stereocenters. The summed E-state index contributed by atoms with van der Waals surface area (Å²) in [5.41, 5.74) is 6.38. The lowest BCUT2D eigenvalue weighted by atomic mass is 9.85. The summed E-state index contributed by atoms with van der Waals surface area (Å²) in [5.74, 6) is 0. The molecule has 0 aliphatic heterocycles. The first-order valence-electron chi connectivity index (χ1n) is 13.8. The molecule has 0 aliphatic carbocycles. The maximum Gasteiger partial charge on any atom is 0.107 e. The van der Waals surface area contributed by atoms with Gasteiger partial charge in [0.1, 0.15) is 9.21 Å². The Bertz CT molecular complexity index is 2180. The van der Waals surface area contributed by atoms with Gasteiger partial charge in [-0.25, -0.2) is 9.97 Å². The molecule has 6 aromatic carbocycles. The van der Waals surface area contributed by atoms with Crippen molar-refractivity contribution in [2.75, 3.05) is 0 Å². The second-order valence-electron chi connectivity index (χ2n) is 10.4. The number of hydrogen-bond donors (Lipinski definition) is 0. The smallest absolute Gasteiger partial charge is 0.107 e. The Hall–Kier alpha value is -4.38. The average Bonchev–Trinajstić information content (AvgIpc) is 3.03. The van der Waals surface area contributed by atoms with Gasteiger partial charge in [-0.2, -0.15) is 0 Å². The van der Waals surface area contributed by atoms with Crippen molar-refractivity contribution in [3.05, 3.63) is 143 Å². The van der Waals surface area contributed by atoms with Gasteiger partial charge in [0, 0.05) is 21.9 Å². The van der Waals surface area contributed by atoms with Gasteiger partial charge in [0.25, 0.3) is 0 Å². The summed E-state index contributed by atoms with van der Waals surface area (Å²) in [4.78, 5) is 10.3. The minimum absolute atomic E-state index is 0.813. The number of pyridine rings is 2. The van der Waals surface area contributed by atoms with E-state index in [9.17, 15) is 0 Å². The molecule has 2 heterocycles. The van der Waals surface area contributed by atoms with Gasteiger partial charge in [0.05, 0.1) is 11.4 Å². The van der Waals surface area contributed by atoms with Crippen LogP contribution < -0.4 is 0 Å². The molecule has 0 radical (unpaired) electrons. The summed E-state index contributed by atoms with van der Waals surface area (Å²) < 4.78 is 1.63. The zero-order chi connectivity index (χ0) is 28.2. The first kappa shape index (κ1) is 25.3. The molecule has 0 bridgehead atoms. The fourth-order valence-electron chi connectivity index (χ4n) is 6.22. The zero-order valence-electron chi connectivity index (χ0n) is 22.4. The monoisotopic (exact) mass is 664 g/mol. The van der Waals surface area contributed by atoms with E-state index in [-0.39, 0.29) is 0 Å². The molecule has 2 aromatic heterocycles. The van der Waals surface area contributed by atoms with E-state index < -0.39 is 0 Å². The highest BCUT2D eigenvalue weighted by molar-refractivity contribution is 9.10. The van der Waals surface area contributed by atoms with Crippen molar-refractivity contribution in [1.29, 1.82) is 0 Å². The van der Waals surface area contributed by atoms with Crippen molar-refractivity contribution in [2.24, 2.45) is 0 Å². The van der Waals surface area contributed by atoms with Gasteiger partial charge in [-0.1, -0.05) is 121 Å². The van der Waals surface area contributed by atoms with Crippen LogP contribution in [0.4, 0.5) is 0 Å². The normalized spacial score (nSPS) is 11.6. The quantitative estimate of drug-likeness (QED) is 0.175. The molecule has 4 heteroatoms. The Morgan fingerprint density at radius 3 is 1.14 bits per heavy atom. The highest BCUT2D eigenvalue weighted by Crippen LogP contribution is 2.46. The molecule has 0 amide bonds. The number of benzene rings is 6. The van der Waals surface area contributed by atoms with Crippen LogP contribution in [0, 0.1) is 0 Å². The van der Waals surface area contributed by atoms with Gasteiger partial charge in [-0.05, 0) is 87.4 Å². The van der Waals surface area contributed by atoms with Gasteiger partial charge < -0.3 is 0 Å². The van der Waals surface area contributed by atoms with Gasteiger partial charge in [-0.3, -0.25) is 0 Å². The lowest BCUT2D eigenvalue weighted by Gasteiger charge is -2.20. The number of fused-ring (bicyclic) bond motifs is 4. The Kier molecular flexibility index (Phi) is 6.13. The number of rotatable bonds is 3. The Balaban J connectivity index is 1.56. The van der Waals surface area contributed by atoms with Crippen molar-refractivity contribution < 1.29 is 0 Å². The third kappa shape index (κ3) is 4.13. The number of halogens is 2. The molecule has 0 aliphatic rings. The van der Waals surface area contributed by atoms with Crippen LogP contribution in [-0.2, 0) is 0 Å². The molecule has 0 N–H and O–H groups in total. The predicted octanol–water partition coefficient (Wildman–Crippen LogP) is 11.6. The maximum atomic E-state index is 5.13. The number of nitrogens with zero attached hydrogens (tertiary/aromatic N) is 2. The van der Waals surface area contributed by atoms with E-state index in [2.05, 4.69) is 165 Å². The summed E-state index contributed by atoms with van der Waals surface area (Å²) >= 11 is 7.44. The molecule has 8 aromatic rings. The van der Waals surface area contributed by atoms with Crippen LogP contribution in [-0.4, -0.2) is 9.97 Å². The minimum Gasteiger partial charge on any atom is -0.240 e. The fourth-order valence-corrected chi connectivity index (χ4v) is 7.06. The fraction of sp³-hybridized carbons (Fsp3) is 0. The highest BCUT2D eigenvalue weighted by atomic mass is 79.9. The van der Waals surface area contributed by atoms with Crippen LogP contribution in [0.25, 0.3) is 76.7 Å². The summed E-state index contributed by atoms with van der Waals surface area (Å²) in [6.45, 7) is 0. The molecule has 2 nitrogen and oxygen atoms in total. The first-order valence-corrected chi connectivity index (χ1v) is 15.4. The third-order valence-electron chi connectivity index (χ3n) is 8.04. The van der Waals surface area contributed by atoms with Crippen LogP contribution in [0.5, 0.6) is 0 Å². The van der Waals surface area contributed by atoms with E-state index in [4.69, 9.17) is 9.97 Å². The summed E-state index contributed by atoms with van der Waals surface area (Å²) in [6.07, 6.45) is 0. The topological polar surface area (TPSA) is 25.8 Å². The third-order valence-corrected chi connectivity index (χ3v) is 8.85. The van der Waals surface area contributed by atoms with Crippen molar-refractivity contribution in [3.8, 4) is 33.6 Å². The van der Waals surface area contributed by atoms with Crippen molar-refractivity contribution in [2.45, 2.75) is 0 Å². The summed E-state index contributed by atoms with van der Waals surface area (Å²) in [7, 11) is 0. The second kappa shape index (κ2) is 10.2. The molecule has 0 saturated heterocycles. The van der Waals surface area contributed by atoms with E-state index in [1.165, 1.54) is 10.8 Å². The van der Waals surface area contributed by atoms with Crippen LogP contribution in [0.15, 0.2) is 143 Å². The van der Waals surface area contributed by atoms with Gasteiger partial charge in [0.15, 0.2) is 0 Å². The van der Waals surface area contributed by atoms with Gasteiger partial charge in [0.2, 0.25) is 0 Å². The second-order valence-corrected chi connectivity index (χ2v) is 12.1. The van der Waals surface area contributed by atoms with Crippen molar-refractivity contribution in [3.63, 3.8) is 0 Å². The Morgan fingerprint density at radius 2 is 0.714 bits per heavy atom. The van der Waals surface area contributed by atoms with Crippen LogP contribution in [0.3, 0.4) is 0 Å². The van der Waals surface area contributed by atoms with E-state index in [0.717, 1.165) is 75.2 Å². The predicted molar refractivity (Wildman–Crippen MR) is 184 cm³/mol. The van der Waals surface area contributed by atoms with Crippen LogP contribution in [0.2, 0.25) is 0 Å². The lowest BCUT2D eigenvalue weighted by Crippen LogP contribution is -1.97. The molecule has 0 saturated carbocycles. The van der Waals surface area contributed by atoms with E-state index in [0.29, 0.717) is 0 Å². The lowest BCUT2D eigenvalue weighted by molar-refractivity contribution is 1.31. The summed E-state index contributed by atoms with van der Waals surface area (Å²) in [6, 6.07) is 47.3. The number of aromatic nitrogens is 2. The summed E-state index contributed by atoms with van der Waals surface area (Å²) in [5, 5.41) is 9.21. The van der Waals surface area contributed by atoms with Crippen molar-refractivity contribution in [1.82, 2.24) is 9.97 Å². The molecule has 42 heavy (non-hydrogen) atoms. The molecule has 0 spiro atoms. The maximum absolute atomic E-state index is 5.13. The SMILES string of the molecule is Brc1cc2ccccc2c(-c2c(-c3ccc4ccccc4c3-c3nc(Br)cc4ccccc34)ccc3ccccc23)n1.